The van der Waals surface area contributed by atoms with Crippen LogP contribution in [0.3, 0.4) is 0 Å². The van der Waals surface area contributed by atoms with E-state index in [0.717, 1.165) is 31.2 Å². The normalized spacial score (nSPS) is 17.4. The van der Waals surface area contributed by atoms with Crippen LogP contribution in [0.4, 0.5) is 8.78 Å². The Morgan fingerprint density at radius 2 is 2.11 bits per heavy atom. The first-order valence-electron chi connectivity index (χ1n) is 5.95. The average molecular weight is 255 g/mol. The van der Waals surface area contributed by atoms with Crippen molar-refractivity contribution >= 4 is 5.78 Å². The van der Waals surface area contributed by atoms with Crippen molar-refractivity contribution in [2.24, 2.45) is 0 Å². The number of rotatable bonds is 3. The van der Waals surface area contributed by atoms with Crippen molar-refractivity contribution in [2.45, 2.75) is 6.42 Å². The predicted molar refractivity (Wildman–Crippen MR) is 62.6 cm³/mol. The number of hydrogen-bond acceptors (Lipinski definition) is 3. The number of Topliss-reactive ketones (excluding diaryl/α,β-unsaturated/α-hetero) is 1. The zero-order valence-electron chi connectivity index (χ0n) is 9.99. The van der Waals surface area contributed by atoms with Gasteiger partial charge < -0.3 is 4.74 Å². The lowest BCUT2D eigenvalue weighted by Crippen LogP contribution is -2.32. The van der Waals surface area contributed by atoms with Gasteiger partial charge in [0.25, 0.3) is 0 Å². The second-order valence-corrected chi connectivity index (χ2v) is 4.29. The van der Waals surface area contributed by atoms with E-state index in [4.69, 9.17) is 4.74 Å². The highest BCUT2D eigenvalue weighted by molar-refractivity contribution is 5.97. The fourth-order valence-corrected chi connectivity index (χ4v) is 1.96. The molecule has 0 bridgehead atoms. The summed E-state index contributed by atoms with van der Waals surface area (Å²) in [6, 6.07) is 2.94. The summed E-state index contributed by atoms with van der Waals surface area (Å²) in [6.45, 7) is 2.73. The van der Waals surface area contributed by atoms with E-state index in [2.05, 4.69) is 0 Å². The molecule has 0 aromatic heterocycles. The van der Waals surface area contributed by atoms with Crippen LogP contribution >= 0.6 is 0 Å². The van der Waals surface area contributed by atoms with Gasteiger partial charge in [-0.2, -0.15) is 0 Å². The monoisotopic (exact) mass is 255 g/mol. The first-order chi connectivity index (χ1) is 8.66. The Bertz CT molecular complexity index is 429. The Morgan fingerprint density at radius 3 is 2.94 bits per heavy atom. The summed E-state index contributed by atoms with van der Waals surface area (Å²) >= 11 is 0. The summed E-state index contributed by atoms with van der Waals surface area (Å²) < 4.78 is 31.7. The van der Waals surface area contributed by atoms with E-state index in [0.29, 0.717) is 19.8 Å². The SMILES string of the molecule is O=C(CN1CCCOCC1)c1cc(F)ccc1F. The molecule has 1 aromatic rings. The van der Waals surface area contributed by atoms with Gasteiger partial charge in [0.15, 0.2) is 5.78 Å². The molecule has 0 aliphatic carbocycles. The number of nitrogens with zero attached hydrogens (tertiary/aromatic N) is 1. The molecule has 0 spiro atoms. The maximum Gasteiger partial charge on any atom is 0.179 e. The molecule has 0 N–H and O–H groups in total. The summed E-state index contributed by atoms with van der Waals surface area (Å²) in [5, 5.41) is 0. The summed E-state index contributed by atoms with van der Waals surface area (Å²) in [5.41, 5.74) is -0.180. The molecule has 1 fully saturated rings. The van der Waals surface area contributed by atoms with E-state index in [9.17, 15) is 13.6 Å². The standard InChI is InChI=1S/C13H15F2NO2/c14-10-2-3-12(15)11(8-10)13(17)9-16-4-1-6-18-7-5-16/h2-3,8H,1,4-7,9H2. The largest absolute Gasteiger partial charge is 0.380 e. The Balaban J connectivity index is 2.04. The summed E-state index contributed by atoms with van der Waals surface area (Å²) in [7, 11) is 0. The van der Waals surface area contributed by atoms with Crippen LogP contribution in [0.25, 0.3) is 0 Å². The fourth-order valence-electron chi connectivity index (χ4n) is 1.96. The van der Waals surface area contributed by atoms with Gasteiger partial charge in [0.2, 0.25) is 0 Å². The lowest BCUT2D eigenvalue weighted by atomic mass is 10.1. The van der Waals surface area contributed by atoms with Gasteiger partial charge in [-0.05, 0) is 24.6 Å². The molecule has 0 unspecified atom stereocenters. The van der Waals surface area contributed by atoms with Crippen LogP contribution in [0.15, 0.2) is 18.2 Å². The maximum absolute atomic E-state index is 13.4. The van der Waals surface area contributed by atoms with Crippen molar-refractivity contribution in [3.63, 3.8) is 0 Å². The fraction of sp³-hybridized carbons (Fsp3) is 0.462. The van der Waals surface area contributed by atoms with Gasteiger partial charge in [0, 0.05) is 19.7 Å². The van der Waals surface area contributed by atoms with Gasteiger partial charge in [0.05, 0.1) is 18.7 Å². The third kappa shape index (κ3) is 3.34. The Kier molecular flexibility index (Phi) is 4.38. The molecule has 18 heavy (non-hydrogen) atoms. The predicted octanol–water partition coefficient (Wildman–Crippen LogP) is 1.87. The van der Waals surface area contributed by atoms with E-state index >= 15 is 0 Å². The molecule has 3 nitrogen and oxygen atoms in total. The van der Waals surface area contributed by atoms with Crippen LogP contribution in [0.2, 0.25) is 0 Å². The highest BCUT2D eigenvalue weighted by atomic mass is 19.1. The van der Waals surface area contributed by atoms with Gasteiger partial charge in [-0.3, -0.25) is 9.69 Å². The minimum atomic E-state index is -0.674. The van der Waals surface area contributed by atoms with Crippen LogP contribution in [0.1, 0.15) is 16.8 Å². The highest BCUT2D eigenvalue weighted by Gasteiger charge is 2.17. The van der Waals surface area contributed by atoms with Crippen LogP contribution in [-0.4, -0.2) is 43.5 Å². The van der Waals surface area contributed by atoms with Gasteiger partial charge in [-0.1, -0.05) is 0 Å². The van der Waals surface area contributed by atoms with Crippen molar-refractivity contribution < 1.29 is 18.3 Å². The molecule has 1 aromatic carbocycles. The Morgan fingerprint density at radius 1 is 1.28 bits per heavy atom. The number of halogens is 2. The van der Waals surface area contributed by atoms with Crippen LogP contribution < -0.4 is 0 Å². The van der Waals surface area contributed by atoms with E-state index in [-0.39, 0.29) is 12.1 Å². The van der Waals surface area contributed by atoms with Crippen LogP contribution in [-0.2, 0) is 4.74 Å². The molecule has 0 amide bonds. The van der Waals surface area contributed by atoms with Crippen molar-refractivity contribution in [3.8, 4) is 0 Å². The highest BCUT2D eigenvalue weighted by Crippen LogP contribution is 2.11. The molecule has 98 valence electrons. The lowest BCUT2D eigenvalue weighted by Gasteiger charge is -2.18. The van der Waals surface area contributed by atoms with Crippen LogP contribution in [0, 0.1) is 11.6 Å². The number of carbonyl (C=O) groups excluding carboxylic acids is 1. The number of carbonyl (C=O) groups is 1. The van der Waals surface area contributed by atoms with E-state index < -0.39 is 17.4 Å². The number of hydrogen-bond donors (Lipinski definition) is 0. The lowest BCUT2D eigenvalue weighted by molar-refractivity contribution is 0.0918. The molecule has 0 atom stereocenters. The molecular formula is C13H15F2NO2. The molecule has 1 saturated heterocycles. The van der Waals surface area contributed by atoms with Crippen molar-refractivity contribution in [1.82, 2.24) is 4.90 Å². The third-order valence-corrected chi connectivity index (χ3v) is 2.91. The molecule has 5 heteroatoms. The van der Waals surface area contributed by atoms with Gasteiger partial charge in [-0.15, -0.1) is 0 Å². The first-order valence-corrected chi connectivity index (χ1v) is 5.95. The summed E-state index contributed by atoms with van der Waals surface area (Å²) in [4.78, 5) is 13.8. The first kappa shape index (κ1) is 13.1. The van der Waals surface area contributed by atoms with Crippen molar-refractivity contribution in [1.29, 1.82) is 0 Å². The average Bonchev–Trinajstić information content (AvgIpc) is 2.61. The quantitative estimate of drug-likeness (QED) is 0.772. The smallest absolute Gasteiger partial charge is 0.179 e. The summed E-state index contributed by atoms with van der Waals surface area (Å²) in [6.07, 6.45) is 0.846. The van der Waals surface area contributed by atoms with Gasteiger partial charge >= 0.3 is 0 Å². The molecular weight excluding hydrogens is 240 g/mol. The molecule has 1 aliphatic heterocycles. The molecule has 0 saturated carbocycles. The number of ether oxygens (including phenoxy) is 1. The Labute approximate surface area is 104 Å². The topological polar surface area (TPSA) is 29.5 Å². The minimum absolute atomic E-state index is 0.101. The number of benzene rings is 1. The van der Waals surface area contributed by atoms with E-state index in [1.165, 1.54) is 0 Å². The Hall–Kier alpha value is -1.33. The van der Waals surface area contributed by atoms with Gasteiger partial charge in [0.1, 0.15) is 11.6 Å². The minimum Gasteiger partial charge on any atom is -0.380 e. The zero-order valence-corrected chi connectivity index (χ0v) is 9.99. The summed E-state index contributed by atoms with van der Waals surface area (Å²) in [5.74, 6) is -1.67. The molecule has 1 aliphatic rings. The van der Waals surface area contributed by atoms with E-state index in [1.807, 2.05) is 4.90 Å². The maximum atomic E-state index is 13.4. The second kappa shape index (κ2) is 6.02. The molecule has 0 radical (unpaired) electrons. The molecule has 2 rings (SSSR count). The molecule has 1 heterocycles. The van der Waals surface area contributed by atoms with Crippen LogP contribution in [0.5, 0.6) is 0 Å². The number of ketones is 1. The van der Waals surface area contributed by atoms with Crippen molar-refractivity contribution in [2.75, 3.05) is 32.8 Å². The zero-order chi connectivity index (χ0) is 13.0. The van der Waals surface area contributed by atoms with Crippen molar-refractivity contribution in [3.05, 3.63) is 35.4 Å². The van der Waals surface area contributed by atoms with E-state index in [1.54, 1.807) is 0 Å². The van der Waals surface area contributed by atoms with Gasteiger partial charge in [-0.25, -0.2) is 8.78 Å². The second-order valence-electron chi connectivity index (χ2n) is 4.29. The third-order valence-electron chi connectivity index (χ3n) is 2.91.